The molecule has 0 fully saturated rings. The molecule has 0 amide bonds. The number of carboxylic acids is 2. The highest BCUT2D eigenvalue weighted by Crippen LogP contribution is 2.41. The van der Waals surface area contributed by atoms with Crippen LogP contribution >= 0.6 is 0 Å². The fourth-order valence-electron chi connectivity index (χ4n) is 4.23. The third-order valence-electron chi connectivity index (χ3n) is 5.84. The summed E-state index contributed by atoms with van der Waals surface area (Å²) in [4.78, 5) is 23.3. The summed E-state index contributed by atoms with van der Waals surface area (Å²) in [5.41, 5.74) is 2.48. The van der Waals surface area contributed by atoms with Gasteiger partial charge in [0.1, 0.15) is 0 Å². The van der Waals surface area contributed by atoms with E-state index in [0.717, 1.165) is 25.7 Å². The molecule has 26 heavy (non-hydrogen) atoms. The molecule has 0 aromatic carbocycles. The SMILES string of the molecule is CCCCC(C)CC1=C(CC(C)CCCC)CC(C(=O)O)C(C(=O)O)C1. The van der Waals surface area contributed by atoms with E-state index in [1.165, 1.54) is 36.8 Å². The summed E-state index contributed by atoms with van der Waals surface area (Å²) < 4.78 is 0. The molecule has 0 saturated heterocycles. The van der Waals surface area contributed by atoms with E-state index < -0.39 is 23.8 Å². The average Bonchev–Trinajstić information content (AvgIpc) is 2.58. The van der Waals surface area contributed by atoms with Crippen LogP contribution in [0.3, 0.4) is 0 Å². The van der Waals surface area contributed by atoms with Crippen LogP contribution in [0.1, 0.15) is 91.9 Å². The molecule has 4 atom stereocenters. The van der Waals surface area contributed by atoms with Crippen LogP contribution in [0, 0.1) is 23.7 Å². The molecule has 0 heterocycles. The maximum Gasteiger partial charge on any atom is 0.307 e. The van der Waals surface area contributed by atoms with Crippen LogP contribution in [0.25, 0.3) is 0 Å². The second-order valence-electron chi connectivity index (χ2n) is 8.41. The summed E-state index contributed by atoms with van der Waals surface area (Å²) in [5.74, 6) is -2.43. The summed E-state index contributed by atoms with van der Waals surface area (Å²) in [6, 6.07) is 0. The van der Waals surface area contributed by atoms with E-state index in [4.69, 9.17) is 0 Å². The van der Waals surface area contributed by atoms with E-state index in [0.29, 0.717) is 24.7 Å². The first-order valence-electron chi connectivity index (χ1n) is 10.4. The highest BCUT2D eigenvalue weighted by molar-refractivity contribution is 5.81. The minimum Gasteiger partial charge on any atom is -0.481 e. The van der Waals surface area contributed by atoms with E-state index in [1.807, 2.05) is 0 Å². The van der Waals surface area contributed by atoms with Gasteiger partial charge in [0.15, 0.2) is 0 Å². The third kappa shape index (κ3) is 7.13. The van der Waals surface area contributed by atoms with Gasteiger partial charge in [-0.15, -0.1) is 0 Å². The standard InChI is InChI=1S/C22H38O4/c1-5-7-9-15(3)11-17-13-19(21(23)24)20(22(25)26)14-18(17)12-16(4)10-8-6-2/h15-16,19-20H,5-14H2,1-4H3,(H,23,24)(H,25,26). The number of hydrogen-bond acceptors (Lipinski definition) is 2. The number of carbonyl (C=O) groups is 2. The van der Waals surface area contributed by atoms with Crippen LogP contribution in [0.2, 0.25) is 0 Å². The van der Waals surface area contributed by atoms with Crippen molar-refractivity contribution in [1.29, 1.82) is 0 Å². The van der Waals surface area contributed by atoms with Gasteiger partial charge in [0.25, 0.3) is 0 Å². The van der Waals surface area contributed by atoms with Gasteiger partial charge in [0, 0.05) is 0 Å². The molecule has 0 saturated carbocycles. The van der Waals surface area contributed by atoms with Crippen molar-refractivity contribution in [2.45, 2.75) is 91.9 Å². The lowest BCUT2D eigenvalue weighted by Crippen LogP contribution is -2.34. The predicted octanol–water partition coefficient (Wildman–Crippen LogP) is 5.91. The first-order valence-corrected chi connectivity index (χ1v) is 10.4. The van der Waals surface area contributed by atoms with Crippen molar-refractivity contribution in [3.05, 3.63) is 11.1 Å². The molecule has 4 unspecified atom stereocenters. The Hall–Kier alpha value is -1.32. The van der Waals surface area contributed by atoms with Crippen LogP contribution in [0.4, 0.5) is 0 Å². The van der Waals surface area contributed by atoms with Crippen molar-refractivity contribution in [3.8, 4) is 0 Å². The highest BCUT2D eigenvalue weighted by atomic mass is 16.4. The van der Waals surface area contributed by atoms with Gasteiger partial charge in [0.2, 0.25) is 0 Å². The van der Waals surface area contributed by atoms with Crippen LogP contribution in [0.15, 0.2) is 11.1 Å². The number of hydrogen-bond donors (Lipinski definition) is 2. The zero-order valence-electron chi connectivity index (χ0n) is 17.1. The van der Waals surface area contributed by atoms with Gasteiger partial charge in [-0.25, -0.2) is 0 Å². The molecule has 1 aliphatic rings. The minimum atomic E-state index is -0.964. The van der Waals surface area contributed by atoms with E-state index in [9.17, 15) is 19.8 Å². The molecule has 2 N–H and O–H groups in total. The van der Waals surface area contributed by atoms with Gasteiger partial charge in [-0.1, -0.05) is 77.4 Å². The molecule has 0 radical (unpaired) electrons. The lowest BCUT2D eigenvalue weighted by molar-refractivity contribution is -0.154. The van der Waals surface area contributed by atoms with Gasteiger partial charge < -0.3 is 10.2 Å². The zero-order chi connectivity index (χ0) is 19.7. The molecule has 4 heteroatoms. The number of rotatable bonds is 12. The Labute approximate surface area is 159 Å². The second kappa shape index (κ2) is 11.4. The fraction of sp³-hybridized carbons (Fsp3) is 0.818. The second-order valence-corrected chi connectivity index (χ2v) is 8.41. The smallest absolute Gasteiger partial charge is 0.307 e. The third-order valence-corrected chi connectivity index (χ3v) is 5.84. The Morgan fingerprint density at radius 1 is 0.846 bits per heavy atom. The summed E-state index contributed by atoms with van der Waals surface area (Å²) in [5, 5.41) is 19.1. The highest BCUT2D eigenvalue weighted by Gasteiger charge is 2.39. The Kier molecular flexibility index (Phi) is 9.97. The van der Waals surface area contributed by atoms with E-state index in [2.05, 4.69) is 27.7 Å². The fourth-order valence-corrected chi connectivity index (χ4v) is 4.23. The van der Waals surface area contributed by atoms with Crippen molar-refractivity contribution in [2.24, 2.45) is 23.7 Å². The number of aliphatic carboxylic acids is 2. The van der Waals surface area contributed by atoms with Crippen molar-refractivity contribution >= 4 is 11.9 Å². The van der Waals surface area contributed by atoms with Crippen molar-refractivity contribution in [1.82, 2.24) is 0 Å². The Morgan fingerprint density at radius 2 is 1.19 bits per heavy atom. The van der Waals surface area contributed by atoms with E-state index in [-0.39, 0.29) is 0 Å². The molecule has 1 aliphatic carbocycles. The van der Waals surface area contributed by atoms with Gasteiger partial charge in [-0.3, -0.25) is 9.59 Å². The molecule has 0 bridgehead atoms. The molecule has 0 spiro atoms. The summed E-state index contributed by atoms with van der Waals surface area (Å²) >= 11 is 0. The Morgan fingerprint density at radius 3 is 1.46 bits per heavy atom. The topological polar surface area (TPSA) is 74.6 Å². The van der Waals surface area contributed by atoms with E-state index in [1.54, 1.807) is 0 Å². The average molecular weight is 367 g/mol. The van der Waals surface area contributed by atoms with Gasteiger partial charge in [-0.05, 0) is 37.5 Å². The van der Waals surface area contributed by atoms with E-state index >= 15 is 0 Å². The van der Waals surface area contributed by atoms with Gasteiger partial charge >= 0.3 is 11.9 Å². The van der Waals surface area contributed by atoms with Gasteiger partial charge in [-0.2, -0.15) is 0 Å². The normalized spacial score (nSPS) is 22.9. The molecular weight excluding hydrogens is 328 g/mol. The first kappa shape index (κ1) is 22.7. The molecule has 0 aromatic rings. The molecule has 150 valence electrons. The van der Waals surface area contributed by atoms with Crippen LogP contribution in [0.5, 0.6) is 0 Å². The zero-order valence-corrected chi connectivity index (χ0v) is 17.1. The lowest BCUT2D eigenvalue weighted by atomic mass is 9.71. The maximum atomic E-state index is 11.7. The largest absolute Gasteiger partial charge is 0.481 e. The predicted molar refractivity (Wildman–Crippen MR) is 105 cm³/mol. The quantitative estimate of drug-likeness (QED) is 0.421. The maximum absolute atomic E-state index is 11.7. The molecule has 4 nitrogen and oxygen atoms in total. The Bertz CT molecular complexity index is 450. The van der Waals surface area contributed by atoms with Crippen molar-refractivity contribution < 1.29 is 19.8 Å². The summed E-state index contributed by atoms with van der Waals surface area (Å²) in [6.07, 6.45) is 9.70. The van der Waals surface area contributed by atoms with Crippen LogP contribution in [-0.4, -0.2) is 22.2 Å². The number of carboxylic acid groups (broad SMARTS) is 2. The molecule has 0 aliphatic heterocycles. The van der Waals surface area contributed by atoms with Crippen LogP contribution < -0.4 is 0 Å². The summed E-state index contributed by atoms with van der Waals surface area (Å²) in [6.45, 7) is 8.84. The minimum absolute atomic E-state index is 0.415. The lowest BCUT2D eigenvalue weighted by Gasteiger charge is -2.32. The Balaban J connectivity index is 3.01. The number of unbranched alkanes of at least 4 members (excludes halogenated alkanes) is 2. The summed E-state index contributed by atoms with van der Waals surface area (Å²) in [7, 11) is 0. The monoisotopic (exact) mass is 366 g/mol. The number of allylic oxidation sites excluding steroid dienone is 2. The first-order chi connectivity index (χ1) is 12.3. The molecule has 1 rings (SSSR count). The van der Waals surface area contributed by atoms with Gasteiger partial charge in [0.05, 0.1) is 11.8 Å². The van der Waals surface area contributed by atoms with Crippen molar-refractivity contribution in [2.75, 3.05) is 0 Å². The van der Waals surface area contributed by atoms with Crippen molar-refractivity contribution in [3.63, 3.8) is 0 Å². The molecule has 0 aromatic heterocycles. The van der Waals surface area contributed by atoms with Crippen LogP contribution in [-0.2, 0) is 9.59 Å². The molecular formula is C22H38O4.